The molecule has 2 aliphatic rings. The van der Waals surface area contributed by atoms with Crippen molar-refractivity contribution in [1.29, 1.82) is 0 Å². The van der Waals surface area contributed by atoms with Crippen molar-refractivity contribution in [3.8, 4) is 0 Å². The van der Waals surface area contributed by atoms with Crippen LogP contribution in [0.15, 0.2) is 67.2 Å². The number of likely N-dealkylation sites (N-methyl/N-ethyl adjacent to an activating group) is 1. The van der Waals surface area contributed by atoms with Crippen molar-refractivity contribution < 1.29 is 37.0 Å². The summed E-state index contributed by atoms with van der Waals surface area (Å²) < 4.78 is 54.2. The van der Waals surface area contributed by atoms with E-state index < -0.39 is 46.1 Å². The number of nitrogens with zero attached hydrogens (tertiary/aromatic N) is 3. The Kier molecular flexibility index (Phi) is 10.5. The molecule has 1 aromatic heterocycles. The molecule has 4 atom stereocenters. The summed E-state index contributed by atoms with van der Waals surface area (Å²) in [6, 6.07) is 7.69. The van der Waals surface area contributed by atoms with Crippen LogP contribution in [0.3, 0.4) is 0 Å². The second kappa shape index (κ2) is 14.5. The molecule has 14 heteroatoms. The average molecular weight is 668 g/mol. The third kappa shape index (κ3) is 7.51. The molecular weight excluding hydrogens is 629 g/mol. The molecule has 2 aromatic carbocycles. The number of rotatable bonds is 10. The van der Waals surface area contributed by atoms with Crippen LogP contribution in [0.5, 0.6) is 0 Å². The zero-order valence-corrected chi connectivity index (χ0v) is 26.7. The van der Waals surface area contributed by atoms with E-state index in [9.17, 15) is 23.2 Å². The molecule has 4 amide bonds. The average Bonchev–Trinajstić information content (AvgIpc) is 3.37. The van der Waals surface area contributed by atoms with Gasteiger partial charge in [-0.3, -0.25) is 9.78 Å². The predicted molar refractivity (Wildman–Crippen MR) is 171 cm³/mol. The molecule has 4 N–H and O–H groups in total. The maximum absolute atomic E-state index is 15.5. The van der Waals surface area contributed by atoms with Crippen molar-refractivity contribution in [2.75, 3.05) is 33.8 Å². The minimum atomic E-state index is -0.889. The summed E-state index contributed by atoms with van der Waals surface area (Å²) in [4.78, 5) is 43.1. The van der Waals surface area contributed by atoms with Crippen LogP contribution < -0.4 is 20.9 Å². The summed E-state index contributed by atoms with van der Waals surface area (Å²) in [7, 11) is 3.11. The molecular formula is C34H38F3N6O5+. The highest BCUT2D eigenvalue weighted by molar-refractivity contribution is 5.93. The van der Waals surface area contributed by atoms with Gasteiger partial charge in [-0.2, -0.15) is 4.48 Å². The van der Waals surface area contributed by atoms with E-state index in [2.05, 4.69) is 22.2 Å². The lowest BCUT2D eigenvalue weighted by Crippen LogP contribution is -2.51. The number of carbonyl (C=O) groups is 3. The summed E-state index contributed by atoms with van der Waals surface area (Å²) in [5, 5.41) is 5.76. The number of pyridine rings is 1. The van der Waals surface area contributed by atoms with Gasteiger partial charge in [0.05, 0.1) is 43.8 Å². The lowest BCUT2D eigenvalue weighted by atomic mass is 9.99. The lowest BCUT2D eigenvalue weighted by molar-refractivity contribution is -0.128. The molecule has 0 aliphatic carbocycles. The van der Waals surface area contributed by atoms with E-state index in [0.29, 0.717) is 37.1 Å². The zero-order valence-electron chi connectivity index (χ0n) is 26.7. The van der Waals surface area contributed by atoms with Crippen LogP contribution in [0, 0.1) is 17.5 Å². The summed E-state index contributed by atoms with van der Waals surface area (Å²) in [6.45, 7) is 4.78. The quantitative estimate of drug-likeness (QED) is 0.218. The zero-order chi connectivity index (χ0) is 34.6. The minimum absolute atomic E-state index is 0.110. The number of quaternary nitrogens is 1. The number of carbonyl (C=O) groups excluding carboxylic acids is 3. The Balaban J connectivity index is 1.27. The highest BCUT2D eigenvalue weighted by Crippen LogP contribution is 2.40. The number of urea groups is 1. The first-order valence-corrected chi connectivity index (χ1v) is 15.5. The smallest absolute Gasteiger partial charge is 0.414 e. The van der Waals surface area contributed by atoms with Crippen molar-refractivity contribution in [1.82, 2.24) is 25.0 Å². The largest absolute Gasteiger partial charge is 0.424 e. The number of likely N-dealkylation sites (tertiary alicyclic amines) is 1. The van der Waals surface area contributed by atoms with E-state index in [-0.39, 0.29) is 54.2 Å². The molecule has 2 saturated heterocycles. The van der Waals surface area contributed by atoms with E-state index in [4.69, 9.17) is 15.2 Å². The number of hydrogen-bond donors (Lipinski definition) is 3. The fraction of sp³-hybridized carbons (Fsp3) is 0.353. The van der Waals surface area contributed by atoms with E-state index >= 15 is 4.39 Å². The number of hydrogen-bond acceptors (Lipinski definition) is 7. The monoisotopic (exact) mass is 667 g/mol. The molecule has 5 rings (SSSR count). The molecule has 2 fully saturated rings. The summed E-state index contributed by atoms with van der Waals surface area (Å²) in [5.74, 6) is -1.77. The van der Waals surface area contributed by atoms with E-state index in [0.717, 1.165) is 6.20 Å². The fourth-order valence-electron chi connectivity index (χ4n) is 6.02. The van der Waals surface area contributed by atoms with Crippen LogP contribution in [0.25, 0.3) is 0 Å². The molecule has 4 unspecified atom stereocenters. The first kappa shape index (κ1) is 34.5. The summed E-state index contributed by atoms with van der Waals surface area (Å²) in [6.07, 6.45) is 2.37. The Labute approximate surface area is 276 Å². The van der Waals surface area contributed by atoms with Crippen LogP contribution in [-0.4, -0.2) is 79.9 Å². The van der Waals surface area contributed by atoms with E-state index in [1.165, 1.54) is 48.5 Å². The third-order valence-electron chi connectivity index (χ3n) is 8.88. The van der Waals surface area contributed by atoms with Crippen LogP contribution in [0.2, 0.25) is 0 Å². The second-order valence-electron chi connectivity index (χ2n) is 12.1. The number of nitrogens with two attached hydrogens (primary N) is 1. The molecule has 254 valence electrons. The van der Waals surface area contributed by atoms with Gasteiger partial charge in [-0.1, -0.05) is 18.7 Å². The van der Waals surface area contributed by atoms with Gasteiger partial charge in [-0.15, -0.1) is 0 Å². The number of aromatic nitrogens is 1. The SMILES string of the molecule is C=C(OC(=O)NC1CCN(C)C1=O)C1COC(CCc2c(F)cncc2[N+](C)(C(N)=O)c2cc(F)ccc2Cc2ccc(F)cc2)CN1. The number of alkyl carbamates (subject to hydrolysis) is 1. The van der Waals surface area contributed by atoms with Gasteiger partial charge in [-0.05, 0) is 49.1 Å². The number of nitrogens with one attached hydrogen (secondary N) is 2. The third-order valence-corrected chi connectivity index (χ3v) is 8.88. The number of benzene rings is 2. The lowest BCUT2D eigenvalue weighted by Gasteiger charge is -2.33. The van der Waals surface area contributed by atoms with E-state index in [1.807, 2.05) is 0 Å². The molecule has 0 bridgehead atoms. The Morgan fingerprint density at radius 2 is 1.88 bits per heavy atom. The maximum Gasteiger partial charge on any atom is 0.424 e. The van der Waals surface area contributed by atoms with Crippen molar-refractivity contribution in [3.05, 3.63) is 101 Å². The van der Waals surface area contributed by atoms with Gasteiger partial charge in [0.1, 0.15) is 23.4 Å². The molecule has 2 aliphatic heterocycles. The molecule has 0 saturated carbocycles. The van der Waals surface area contributed by atoms with Gasteiger partial charge >= 0.3 is 12.1 Å². The van der Waals surface area contributed by atoms with Gasteiger partial charge in [-0.25, -0.2) is 22.8 Å². The van der Waals surface area contributed by atoms with Gasteiger partial charge in [0.2, 0.25) is 5.91 Å². The Bertz CT molecular complexity index is 1700. The summed E-state index contributed by atoms with van der Waals surface area (Å²) >= 11 is 0. The standard InChI is InChI=1S/C34H37F3N6O5/c1-20(48-34(46)41-28-12-13-42(2)32(28)44)29-19-47-25(16-40-29)10-11-26-27(37)17-39-18-31(26)43(3,33(38)45)30-15-24(36)9-6-22(30)14-21-4-7-23(35)8-5-21/h4-9,15,17-18,25,28-29,40H,1,10-14,16,19H2,2-3H3,(H2-,38,41,45,46)/p+1. The molecule has 0 spiro atoms. The number of morpholine rings is 1. The normalized spacial score (nSPS) is 20.6. The Morgan fingerprint density at radius 1 is 1.15 bits per heavy atom. The molecule has 48 heavy (non-hydrogen) atoms. The van der Waals surface area contributed by atoms with Crippen LogP contribution >= 0.6 is 0 Å². The maximum atomic E-state index is 15.5. The first-order chi connectivity index (χ1) is 22.9. The van der Waals surface area contributed by atoms with Gasteiger partial charge in [0.25, 0.3) is 0 Å². The number of primary amides is 1. The first-order valence-electron chi connectivity index (χ1n) is 15.5. The number of halogens is 3. The molecule has 11 nitrogen and oxygen atoms in total. The molecule has 3 heterocycles. The van der Waals surface area contributed by atoms with Gasteiger partial charge in [0, 0.05) is 38.2 Å². The predicted octanol–water partition coefficient (Wildman–Crippen LogP) is 4.20. The van der Waals surface area contributed by atoms with Crippen molar-refractivity contribution in [3.63, 3.8) is 0 Å². The van der Waals surface area contributed by atoms with Crippen molar-refractivity contribution in [2.24, 2.45) is 5.73 Å². The van der Waals surface area contributed by atoms with Crippen LogP contribution in [-0.2, 0) is 27.1 Å². The van der Waals surface area contributed by atoms with Crippen LogP contribution in [0.4, 0.5) is 34.1 Å². The topological polar surface area (TPSA) is 136 Å². The highest BCUT2D eigenvalue weighted by atomic mass is 19.1. The van der Waals surface area contributed by atoms with Crippen molar-refractivity contribution >= 4 is 29.4 Å². The minimum Gasteiger partial charge on any atom is -0.414 e. The number of ether oxygens (including phenoxy) is 2. The highest BCUT2D eigenvalue weighted by Gasteiger charge is 2.41. The fourth-order valence-corrected chi connectivity index (χ4v) is 6.02. The van der Waals surface area contributed by atoms with Crippen LogP contribution in [0.1, 0.15) is 29.5 Å². The van der Waals surface area contributed by atoms with E-state index in [1.54, 1.807) is 19.2 Å². The van der Waals surface area contributed by atoms with Gasteiger partial charge < -0.3 is 30.7 Å². The molecule has 0 radical (unpaired) electrons. The second-order valence-corrected chi connectivity index (χ2v) is 12.1. The Morgan fingerprint density at radius 3 is 2.52 bits per heavy atom. The number of amides is 4. The Hall–Kier alpha value is -4.79. The summed E-state index contributed by atoms with van der Waals surface area (Å²) in [5.41, 5.74) is 7.69. The van der Waals surface area contributed by atoms with Crippen molar-refractivity contribution in [2.45, 2.75) is 43.9 Å². The van der Waals surface area contributed by atoms with Gasteiger partial charge in [0.15, 0.2) is 17.2 Å². The molecule has 3 aromatic rings.